The van der Waals surface area contributed by atoms with Crippen molar-refractivity contribution < 1.29 is 34.2 Å². The molecule has 0 aliphatic rings. The average Bonchev–Trinajstić information content (AvgIpc) is 2.61. The third-order valence-electron chi connectivity index (χ3n) is 3.72. The predicted molar refractivity (Wildman–Crippen MR) is 96.2 cm³/mol. The van der Waals surface area contributed by atoms with Crippen LogP contribution in [0.3, 0.4) is 0 Å². The lowest BCUT2D eigenvalue weighted by Gasteiger charge is -2.14. The summed E-state index contributed by atoms with van der Waals surface area (Å²) >= 11 is 0. The molecule has 0 aliphatic heterocycles. The Morgan fingerprint density at radius 3 is 2.22 bits per heavy atom. The van der Waals surface area contributed by atoms with Gasteiger partial charge in [0.2, 0.25) is 5.91 Å². The Morgan fingerprint density at radius 2 is 1.59 bits per heavy atom. The molecule has 0 spiro atoms. The van der Waals surface area contributed by atoms with E-state index in [0.717, 1.165) is 32.0 Å². The number of carbonyl (C=O) groups excluding carboxylic acids is 3. The third kappa shape index (κ3) is 15.3. The van der Waals surface area contributed by atoms with Crippen molar-refractivity contribution in [2.45, 2.75) is 63.8 Å². The minimum absolute atomic E-state index is 0.0636. The fraction of sp³-hybridized carbons (Fsp3) is 0.706. The van der Waals surface area contributed by atoms with Gasteiger partial charge in [-0.25, -0.2) is 9.59 Å². The van der Waals surface area contributed by atoms with Gasteiger partial charge >= 0.3 is 18.0 Å². The van der Waals surface area contributed by atoms with Gasteiger partial charge in [-0.1, -0.05) is 12.8 Å². The van der Waals surface area contributed by atoms with Crippen molar-refractivity contribution in [3.8, 4) is 0 Å². The zero-order valence-corrected chi connectivity index (χ0v) is 15.4. The standard InChI is InChI=1S/C17H29N3O7/c21-11-7-3-1-2-4-9-14(22)18-10-6-5-8-13(16(25)26)20-17(27)19-12-15(23)24/h11,13H,1-10,12H2,(H,18,22)(H,23,24)(H,25,26)(H2,19,20,27). The summed E-state index contributed by atoms with van der Waals surface area (Å²) in [4.78, 5) is 54.6. The molecule has 0 aliphatic carbocycles. The molecule has 0 radical (unpaired) electrons. The zero-order valence-electron chi connectivity index (χ0n) is 15.4. The molecule has 0 heterocycles. The Morgan fingerprint density at radius 1 is 0.889 bits per heavy atom. The number of unbranched alkanes of at least 4 members (excludes halogenated alkanes) is 5. The fourth-order valence-corrected chi connectivity index (χ4v) is 2.28. The van der Waals surface area contributed by atoms with Gasteiger partial charge in [-0.3, -0.25) is 9.59 Å². The molecule has 27 heavy (non-hydrogen) atoms. The van der Waals surface area contributed by atoms with Crippen LogP contribution in [0.15, 0.2) is 0 Å². The number of aliphatic carboxylic acids is 2. The lowest BCUT2D eigenvalue weighted by atomic mass is 10.1. The van der Waals surface area contributed by atoms with Crippen LogP contribution in [0.25, 0.3) is 0 Å². The molecule has 0 aromatic carbocycles. The normalized spacial score (nSPS) is 11.3. The molecule has 0 aromatic rings. The highest BCUT2D eigenvalue weighted by Gasteiger charge is 2.19. The first-order valence-electron chi connectivity index (χ1n) is 9.06. The molecular formula is C17H29N3O7. The average molecular weight is 387 g/mol. The minimum atomic E-state index is -1.23. The first-order valence-corrected chi connectivity index (χ1v) is 9.06. The Labute approximate surface area is 158 Å². The van der Waals surface area contributed by atoms with E-state index in [2.05, 4.69) is 10.6 Å². The number of rotatable bonds is 16. The molecule has 10 nitrogen and oxygen atoms in total. The van der Waals surface area contributed by atoms with Crippen LogP contribution in [0.1, 0.15) is 57.8 Å². The van der Waals surface area contributed by atoms with E-state index < -0.39 is 30.6 Å². The number of hydrogen-bond donors (Lipinski definition) is 5. The molecule has 0 aromatic heterocycles. The summed E-state index contributed by atoms with van der Waals surface area (Å²) in [5, 5.41) is 24.5. The summed E-state index contributed by atoms with van der Waals surface area (Å²) in [6, 6.07) is -1.98. The van der Waals surface area contributed by atoms with Crippen molar-refractivity contribution >= 4 is 30.2 Å². The second-order valence-corrected chi connectivity index (χ2v) is 6.08. The molecule has 0 fully saturated rings. The van der Waals surface area contributed by atoms with Crippen molar-refractivity contribution in [2.24, 2.45) is 0 Å². The third-order valence-corrected chi connectivity index (χ3v) is 3.72. The van der Waals surface area contributed by atoms with Crippen molar-refractivity contribution in [3.05, 3.63) is 0 Å². The highest BCUT2D eigenvalue weighted by atomic mass is 16.4. The van der Waals surface area contributed by atoms with Gasteiger partial charge in [-0.2, -0.15) is 0 Å². The van der Waals surface area contributed by atoms with Crippen molar-refractivity contribution in [1.82, 2.24) is 16.0 Å². The van der Waals surface area contributed by atoms with E-state index in [0.29, 0.717) is 32.2 Å². The van der Waals surface area contributed by atoms with Crippen LogP contribution in [0.2, 0.25) is 0 Å². The molecule has 1 atom stereocenters. The number of aldehydes is 1. The van der Waals surface area contributed by atoms with Crippen LogP contribution in [0.4, 0.5) is 4.79 Å². The maximum absolute atomic E-state index is 11.6. The molecular weight excluding hydrogens is 358 g/mol. The largest absolute Gasteiger partial charge is 0.480 e. The molecule has 154 valence electrons. The van der Waals surface area contributed by atoms with E-state index in [1.165, 1.54) is 0 Å². The topological polar surface area (TPSA) is 162 Å². The van der Waals surface area contributed by atoms with Crippen LogP contribution in [0, 0.1) is 0 Å². The molecule has 0 bridgehead atoms. The molecule has 10 heteroatoms. The van der Waals surface area contributed by atoms with Crippen molar-refractivity contribution in [2.75, 3.05) is 13.1 Å². The molecule has 3 amide bonds. The highest BCUT2D eigenvalue weighted by molar-refractivity contribution is 5.84. The Hall–Kier alpha value is -2.65. The maximum atomic E-state index is 11.6. The van der Waals surface area contributed by atoms with Gasteiger partial charge in [-0.15, -0.1) is 0 Å². The molecule has 0 saturated heterocycles. The van der Waals surface area contributed by atoms with E-state index in [4.69, 9.17) is 10.2 Å². The molecule has 5 N–H and O–H groups in total. The Bertz CT molecular complexity index is 497. The van der Waals surface area contributed by atoms with Crippen LogP contribution < -0.4 is 16.0 Å². The van der Waals surface area contributed by atoms with Gasteiger partial charge < -0.3 is 31.0 Å². The SMILES string of the molecule is O=CCCCCCCC(=O)NCCCCC(NC(=O)NCC(=O)O)C(=O)O. The number of urea groups is 1. The summed E-state index contributed by atoms with van der Waals surface area (Å²) in [5.74, 6) is -2.50. The van der Waals surface area contributed by atoms with Crippen LogP contribution in [0.5, 0.6) is 0 Å². The van der Waals surface area contributed by atoms with Crippen molar-refractivity contribution in [1.29, 1.82) is 0 Å². The Kier molecular flexibility index (Phi) is 14.1. The smallest absolute Gasteiger partial charge is 0.326 e. The van der Waals surface area contributed by atoms with E-state index in [-0.39, 0.29) is 12.3 Å². The quantitative estimate of drug-likeness (QED) is 0.192. The van der Waals surface area contributed by atoms with E-state index in [1.807, 2.05) is 5.32 Å². The number of nitrogens with one attached hydrogen (secondary N) is 3. The predicted octanol–water partition coefficient (Wildman–Crippen LogP) is 0.649. The van der Waals surface area contributed by atoms with Gasteiger partial charge in [0.15, 0.2) is 0 Å². The van der Waals surface area contributed by atoms with Gasteiger partial charge in [0.1, 0.15) is 18.9 Å². The second-order valence-electron chi connectivity index (χ2n) is 6.08. The van der Waals surface area contributed by atoms with Crippen LogP contribution >= 0.6 is 0 Å². The van der Waals surface area contributed by atoms with Gasteiger partial charge in [0.25, 0.3) is 0 Å². The van der Waals surface area contributed by atoms with E-state index in [9.17, 15) is 24.0 Å². The van der Waals surface area contributed by atoms with Crippen LogP contribution in [-0.2, 0) is 19.2 Å². The summed E-state index contributed by atoms with van der Waals surface area (Å²) in [5.41, 5.74) is 0. The highest BCUT2D eigenvalue weighted by Crippen LogP contribution is 2.05. The fourth-order valence-electron chi connectivity index (χ4n) is 2.28. The van der Waals surface area contributed by atoms with Gasteiger partial charge in [0, 0.05) is 19.4 Å². The van der Waals surface area contributed by atoms with Gasteiger partial charge in [-0.05, 0) is 32.1 Å². The lowest BCUT2D eigenvalue weighted by molar-refractivity contribution is -0.139. The molecule has 0 saturated carbocycles. The second kappa shape index (κ2) is 15.6. The summed E-state index contributed by atoms with van der Waals surface area (Å²) < 4.78 is 0. The van der Waals surface area contributed by atoms with Gasteiger partial charge in [0.05, 0.1) is 0 Å². The first kappa shape index (κ1) is 24.4. The summed E-state index contributed by atoms with van der Waals surface area (Å²) in [7, 11) is 0. The van der Waals surface area contributed by atoms with E-state index >= 15 is 0 Å². The number of carbonyl (C=O) groups is 5. The number of hydrogen-bond acceptors (Lipinski definition) is 5. The molecule has 0 rings (SSSR count). The number of amides is 3. The maximum Gasteiger partial charge on any atom is 0.326 e. The van der Waals surface area contributed by atoms with Crippen LogP contribution in [-0.4, -0.2) is 59.5 Å². The lowest BCUT2D eigenvalue weighted by Crippen LogP contribution is -2.47. The zero-order chi connectivity index (χ0) is 20.5. The summed E-state index contributed by atoms with van der Waals surface area (Å²) in [6.07, 6.45) is 6.51. The molecule has 1 unspecified atom stereocenters. The first-order chi connectivity index (χ1) is 12.9. The number of carboxylic acid groups (broad SMARTS) is 2. The number of carboxylic acids is 2. The van der Waals surface area contributed by atoms with E-state index in [1.54, 1.807) is 0 Å². The monoisotopic (exact) mass is 387 g/mol. The minimum Gasteiger partial charge on any atom is -0.480 e. The Balaban J connectivity index is 3.80. The van der Waals surface area contributed by atoms with Crippen molar-refractivity contribution in [3.63, 3.8) is 0 Å². The summed E-state index contributed by atoms with van der Waals surface area (Å²) in [6.45, 7) is -0.178.